The second-order valence-corrected chi connectivity index (χ2v) is 6.91. The Morgan fingerprint density at radius 2 is 2.33 bits per heavy atom. The average Bonchev–Trinajstić information content (AvgIpc) is 3.38. The maximum Gasteiger partial charge on any atom is 0.318 e. The number of likely N-dealkylation sites (tertiary alicyclic amines) is 1. The number of rotatable bonds is 8. The lowest BCUT2D eigenvalue weighted by Crippen LogP contribution is -2.40. The van der Waals surface area contributed by atoms with Crippen molar-refractivity contribution in [1.29, 1.82) is 0 Å². The third-order valence-electron chi connectivity index (χ3n) is 4.63. The molecule has 10 nitrogen and oxygen atoms in total. The first kappa shape index (κ1) is 19.3. The first-order chi connectivity index (χ1) is 13.1. The molecule has 3 rings (SSSR count). The Morgan fingerprint density at radius 1 is 1.48 bits per heavy atom. The van der Waals surface area contributed by atoms with Gasteiger partial charge in [0.15, 0.2) is 5.82 Å². The number of urea groups is 1. The molecule has 2 aromatic heterocycles. The van der Waals surface area contributed by atoms with E-state index in [4.69, 9.17) is 9.26 Å². The molecular weight excluding hydrogens is 350 g/mol. The van der Waals surface area contributed by atoms with Crippen molar-refractivity contribution in [1.82, 2.24) is 35.1 Å². The molecule has 1 fully saturated rings. The van der Waals surface area contributed by atoms with Crippen LogP contribution < -0.4 is 5.32 Å². The summed E-state index contributed by atoms with van der Waals surface area (Å²) < 4.78 is 12.4. The first-order valence-electron chi connectivity index (χ1n) is 9.33. The van der Waals surface area contributed by atoms with E-state index in [0.29, 0.717) is 44.4 Å². The summed E-state index contributed by atoms with van der Waals surface area (Å²) in [6.07, 6.45) is 4.03. The molecule has 1 aliphatic rings. The highest BCUT2D eigenvalue weighted by atomic mass is 16.5. The predicted octanol–water partition coefficient (Wildman–Crippen LogP) is 1.52. The summed E-state index contributed by atoms with van der Waals surface area (Å²) in [6, 6.07) is -0.278. The molecule has 0 bridgehead atoms. The van der Waals surface area contributed by atoms with Gasteiger partial charge < -0.3 is 24.0 Å². The fraction of sp³-hybridized carbons (Fsp3) is 0.706. The number of aromatic nitrogens is 5. The molecule has 0 aliphatic carbocycles. The van der Waals surface area contributed by atoms with Crippen molar-refractivity contribution >= 4 is 6.03 Å². The Bertz CT molecular complexity index is 742. The second kappa shape index (κ2) is 8.94. The van der Waals surface area contributed by atoms with Gasteiger partial charge in [-0.25, -0.2) is 4.79 Å². The van der Waals surface area contributed by atoms with Crippen molar-refractivity contribution in [2.24, 2.45) is 0 Å². The van der Waals surface area contributed by atoms with Crippen molar-refractivity contribution in [2.45, 2.75) is 51.6 Å². The lowest BCUT2D eigenvalue weighted by molar-refractivity contribution is 0.180. The summed E-state index contributed by atoms with van der Waals surface area (Å²) in [7, 11) is 1.66. The van der Waals surface area contributed by atoms with Gasteiger partial charge in [-0.1, -0.05) is 19.0 Å². The van der Waals surface area contributed by atoms with Crippen LogP contribution >= 0.6 is 0 Å². The maximum absolute atomic E-state index is 12.6. The number of hydrogen-bond donors (Lipinski definition) is 1. The van der Waals surface area contributed by atoms with Crippen LogP contribution in [-0.4, -0.2) is 62.6 Å². The van der Waals surface area contributed by atoms with Gasteiger partial charge in [0.25, 0.3) is 0 Å². The monoisotopic (exact) mass is 377 g/mol. The molecular formula is C17H27N7O3. The smallest absolute Gasteiger partial charge is 0.318 e. The molecule has 0 unspecified atom stereocenters. The van der Waals surface area contributed by atoms with Gasteiger partial charge >= 0.3 is 6.03 Å². The molecule has 1 N–H and O–H groups in total. The first-order valence-corrected chi connectivity index (χ1v) is 9.33. The molecule has 3 heterocycles. The van der Waals surface area contributed by atoms with Crippen LogP contribution in [0.5, 0.6) is 0 Å². The number of hydrogen-bond acceptors (Lipinski definition) is 7. The minimum absolute atomic E-state index is 0.121. The SMILES string of the molecule is COCCn1cnnc1CCNC(=O)N1CCC[C@H]1c1nc(C(C)C)no1. The van der Waals surface area contributed by atoms with Crippen LogP contribution in [0, 0.1) is 0 Å². The third-order valence-corrected chi connectivity index (χ3v) is 4.63. The van der Waals surface area contributed by atoms with Crippen molar-refractivity contribution in [2.75, 3.05) is 26.8 Å². The summed E-state index contributed by atoms with van der Waals surface area (Å²) >= 11 is 0. The lowest BCUT2D eigenvalue weighted by Gasteiger charge is -2.22. The molecule has 0 radical (unpaired) electrons. The van der Waals surface area contributed by atoms with E-state index < -0.39 is 0 Å². The van der Waals surface area contributed by atoms with Gasteiger partial charge in [-0.05, 0) is 12.8 Å². The molecule has 1 saturated heterocycles. The zero-order valence-corrected chi connectivity index (χ0v) is 16.1. The molecule has 27 heavy (non-hydrogen) atoms. The summed E-state index contributed by atoms with van der Waals surface area (Å²) in [4.78, 5) is 18.8. The number of nitrogens with zero attached hydrogens (tertiary/aromatic N) is 6. The van der Waals surface area contributed by atoms with Crippen molar-refractivity contribution in [3.05, 3.63) is 23.9 Å². The van der Waals surface area contributed by atoms with Crippen LogP contribution in [0.25, 0.3) is 0 Å². The van der Waals surface area contributed by atoms with Crippen molar-refractivity contribution in [3.63, 3.8) is 0 Å². The number of nitrogens with one attached hydrogen (secondary N) is 1. The largest absolute Gasteiger partial charge is 0.383 e. The quantitative estimate of drug-likeness (QED) is 0.742. The Hall–Kier alpha value is -2.49. The second-order valence-electron chi connectivity index (χ2n) is 6.91. The minimum atomic E-state index is -0.157. The van der Waals surface area contributed by atoms with Crippen LogP contribution in [0.1, 0.15) is 56.2 Å². The van der Waals surface area contributed by atoms with E-state index in [1.165, 1.54) is 0 Å². The van der Waals surface area contributed by atoms with Crippen LogP contribution in [0.15, 0.2) is 10.9 Å². The topological polar surface area (TPSA) is 111 Å². The molecule has 0 saturated carbocycles. The molecule has 2 aromatic rings. The fourth-order valence-electron chi connectivity index (χ4n) is 3.12. The summed E-state index contributed by atoms with van der Waals surface area (Å²) in [5.74, 6) is 2.21. The van der Waals surface area contributed by atoms with E-state index in [-0.39, 0.29) is 18.0 Å². The Labute approximate surface area is 158 Å². The van der Waals surface area contributed by atoms with E-state index in [1.807, 2.05) is 18.4 Å². The van der Waals surface area contributed by atoms with Gasteiger partial charge in [0.05, 0.1) is 6.61 Å². The molecule has 0 spiro atoms. The van der Waals surface area contributed by atoms with Crippen LogP contribution in [0.2, 0.25) is 0 Å². The van der Waals surface area contributed by atoms with Gasteiger partial charge in [0, 0.05) is 39.1 Å². The Morgan fingerprint density at radius 3 is 3.07 bits per heavy atom. The van der Waals surface area contributed by atoms with Gasteiger partial charge in [-0.15, -0.1) is 10.2 Å². The zero-order valence-electron chi connectivity index (χ0n) is 16.1. The lowest BCUT2D eigenvalue weighted by atomic mass is 10.2. The van der Waals surface area contributed by atoms with Crippen LogP contribution in [-0.2, 0) is 17.7 Å². The fourth-order valence-corrected chi connectivity index (χ4v) is 3.12. The van der Waals surface area contributed by atoms with E-state index in [1.54, 1.807) is 18.3 Å². The van der Waals surface area contributed by atoms with E-state index in [0.717, 1.165) is 18.7 Å². The minimum Gasteiger partial charge on any atom is -0.383 e. The summed E-state index contributed by atoms with van der Waals surface area (Å²) in [5.41, 5.74) is 0. The Kier molecular flexibility index (Phi) is 6.38. The number of amides is 2. The van der Waals surface area contributed by atoms with Gasteiger partial charge in [0.1, 0.15) is 18.2 Å². The number of ether oxygens (including phenoxy) is 1. The van der Waals surface area contributed by atoms with Crippen LogP contribution in [0.4, 0.5) is 4.79 Å². The maximum atomic E-state index is 12.6. The van der Waals surface area contributed by atoms with Gasteiger partial charge in [-0.3, -0.25) is 0 Å². The predicted molar refractivity (Wildman–Crippen MR) is 96.1 cm³/mol. The average molecular weight is 377 g/mol. The van der Waals surface area contributed by atoms with Gasteiger partial charge in [-0.2, -0.15) is 4.98 Å². The molecule has 0 aromatic carbocycles. The zero-order chi connectivity index (χ0) is 19.2. The number of carbonyl (C=O) groups is 1. The van der Waals surface area contributed by atoms with E-state index in [9.17, 15) is 4.79 Å². The third kappa shape index (κ3) is 4.62. The highest BCUT2D eigenvalue weighted by molar-refractivity contribution is 5.74. The molecule has 1 atom stereocenters. The highest BCUT2D eigenvalue weighted by Gasteiger charge is 2.34. The van der Waals surface area contributed by atoms with Gasteiger partial charge in [0.2, 0.25) is 5.89 Å². The molecule has 10 heteroatoms. The summed E-state index contributed by atoms with van der Waals surface area (Å²) in [6.45, 7) is 6.47. The Balaban J connectivity index is 1.53. The van der Waals surface area contributed by atoms with Crippen molar-refractivity contribution in [3.8, 4) is 0 Å². The number of methoxy groups -OCH3 is 1. The normalized spacial score (nSPS) is 17.0. The highest BCUT2D eigenvalue weighted by Crippen LogP contribution is 2.31. The van der Waals surface area contributed by atoms with Crippen molar-refractivity contribution < 1.29 is 14.1 Å². The number of carbonyl (C=O) groups excluding carboxylic acids is 1. The standard InChI is InChI=1S/C17H27N7O3/c1-12(2)15-20-16(27-22-15)13-5-4-8-24(13)17(25)18-7-6-14-21-19-11-23(14)9-10-26-3/h11-13H,4-10H2,1-3H3,(H,18,25)/t13-/m0/s1. The molecule has 148 valence electrons. The van der Waals surface area contributed by atoms with E-state index >= 15 is 0 Å². The molecule has 1 aliphatic heterocycles. The summed E-state index contributed by atoms with van der Waals surface area (Å²) in [5, 5.41) is 15.0. The van der Waals surface area contributed by atoms with Crippen LogP contribution in [0.3, 0.4) is 0 Å². The van der Waals surface area contributed by atoms with E-state index in [2.05, 4.69) is 25.7 Å². The molecule has 2 amide bonds.